The molecule has 1 saturated carbocycles. The summed E-state index contributed by atoms with van der Waals surface area (Å²) in [6, 6.07) is 1.24. The third kappa shape index (κ3) is 4.94. The fraction of sp³-hybridized carbons (Fsp3) is 1.00. The van der Waals surface area contributed by atoms with Crippen LogP contribution in [-0.4, -0.2) is 61.8 Å². The van der Waals surface area contributed by atoms with Crippen molar-refractivity contribution in [3.05, 3.63) is 0 Å². The molecule has 1 heterocycles. The highest BCUT2D eigenvalue weighted by Gasteiger charge is 2.31. The highest BCUT2D eigenvalue weighted by molar-refractivity contribution is 4.86. The van der Waals surface area contributed by atoms with Crippen molar-refractivity contribution in [1.82, 2.24) is 9.80 Å². The van der Waals surface area contributed by atoms with Crippen molar-refractivity contribution in [3.63, 3.8) is 0 Å². The van der Waals surface area contributed by atoms with Crippen molar-refractivity contribution >= 4 is 0 Å². The van der Waals surface area contributed by atoms with Gasteiger partial charge in [-0.25, -0.2) is 0 Å². The molecule has 3 nitrogen and oxygen atoms in total. The van der Waals surface area contributed by atoms with Crippen LogP contribution in [0.3, 0.4) is 0 Å². The summed E-state index contributed by atoms with van der Waals surface area (Å²) in [4.78, 5) is 5.33. The van der Waals surface area contributed by atoms with E-state index in [2.05, 4.69) is 37.5 Å². The fourth-order valence-corrected chi connectivity index (χ4v) is 4.35. The third-order valence-electron chi connectivity index (χ3n) is 6.05. The van der Waals surface area contributed by atoms with Crippen LogP contribution in [0.5, 0.6) is 0 Å². The van der Waals surface area contributed by atoms with E-state index in [0.717, 1.165) is 24.4 Å². The average molecular weight is 311 g/mol. The smallest absolute Gasteiger partial charge is 0.0630 e. The molecule has 0 aromatic carbocycles. The van der Waals surface area contributed by atoms with Gasteiger partial charge in [0.25, 0.3) is 0 Å². The summed E-state index contributed by atoms with van der Waals surface area (Å²) in [7, 11) is 1.85. The average Bonchev–Trinajstić information content (AvgIpc) is 2.49. The number of piperazine rings is 1. The molecule has 0 amide bonds. The minimum Gasteiger partial charge on any atom is -0.383 e. The summed E-state index contributed by atoms with van der Waals surface area (Å²) >= 11 is 0. The minimum atomic E-state index is 0.587. The van der Waals surface area contributed by atoms with Crippen molar-refractivity contribution in [2.75, 3.05) is 39.9 Å². The number of hydrogen-bond donors (Lipinski definition) is 0. The Morgan fingerprint density at radius 3 is 2.23 bits per heavy atom. The number of methoxy groups -OCH3 is 1. The lowest BCUT2D eigenvalue weighted by Gasteiger charge is -2.44. The maximum absolute atomic E-state index is 5.51. The van der Waals surface area contributed by atoms with Gasteiger partial charge in [-0.3, -0.25) is 9.80 Å². The Morgan fingerprint density at radius 2 is 1.68 bits per heavy atom. The number of hydrogen-bond acceptors (Lipinski definition) is 3. The Bertz CT molecular complexity index is 311. The van der Waals surface area contributed by atoms with Gasteiger partial charge in [0.2, 0.25) is 0 Å². The van der Waals surface area contributed by atoms with E-state index >= 15 is 0 Å². The van der Waals surface area contributed by atoms with Crippen LogP contribution in [0.15, 0.2) is 0 Å². The first kappa shape index (κ1) is 18.2. The Morgan fingerprint density at radius 1 is 1.00 bits per heavy atom. The van der Waals surface area contributed by atoms with Crippen LogP contribution in [0, 0.1) is 17.8 Å². The predicted octanol–water partition coefficient (Wildman–Crippen LogP) is 3.49. The van der Waals surface area contributed by atoms with E-state index in [0.29, 0.717) is 12.1 Å². The molecule has 22 heavy (non-hydrogen) atoms. The van der Waals surface area contributed by atoms with Gasteiger partial charge in [-0.05, 0) is 57.3 Å². The van der Waals surface area contributed by atoms with Crippen LogP contribution >= 0.6 is 0 Å². The van der Waals surface area contributed by atoms with Crippen LogP contribution in [0.4, 0.5) is 0 Å². The van der Waals surface area contributed by atoms with Crippen LogP contribution in [0.1, 0.15) is 53.4 Å². The van der Waals surface area contributed by atoms with Crippen molar-refractivity contribution in [2.24, 2.45) is 17.8 Å². The highest BCUT2D eigenvalue weighted by atomic mass is 16.5. The molecule has 130 valence electrons. The molecule has 0 aromatic heterocycles. The van der Waals surface area contributed by atoms with Crippen LogP contribution in [0.2, 0.25) is 0 Å². The van der Waals surface area contributed by atoms with Gasteiger partial charge < -0.3 is 4.74 Å². The van der Waals surface area contributed by atoms with Crippen LogP contribution in [0.25, 0.3) is 0 Å². The van der Waals surface area contributed by atoms with Gasteiger partial charge in [0.05, 0.1) is 6.61 Å². The van der Waals surface area contributed by atoms with Crippen LogP contribution in [-0.2, 0) is 4.74 Å². The molecule has 1 saturated heterocycles. The fourth-order valence-electron chi connectivity index (χ4n) is 4.35. The van der Waals surface area contributed by atoms with Gasteiger partial charge in [-0.2, -0.15) is 0 Å². The maximum Gasteiger partial charge on any atom is 0.0630 e. The van der Waals surface area contributed by atoms with Gasteiger partial charge in [0.15, 0.2) is 0 Å². The lowest BCUT2D eigenvalue weighted by atomic mass is 9.76. The van der Waals surface area contributed by atoms with E-state index in [9.17, 15) is 0 Å². The molecule has 0 unspecified atom stereocenters. The van der Waals surface area contributed by atoms with E-state index in [-0.39, 0.29) is 0 Å². The zero-order valence-corrected chi connectivity index (χ0v) is 15.6. The topological polar surface area (TPSA) is 15.7 Å². The molecule has 0 N–H and O–H groups in total. The molecule has 0 bridgehead atoms. The van der Waals surface area contributed by atoms with Crippen molar-refractivity contribution in [1.29, 1.82) is 0 Å². The van der Waals surface area contributed by atoms with Crippen LogP contribution < -0.4 is 0 Å². The van der Waals surface area contributed by atoms with Crippen molar-refractivity contribution < 1.29 is 4.74 Å². The zero-order chi connectivity index (χ0) is 16.1. The summed E-state index contributed by atoms with van der Waals surface area (Å²) in [5, 5.41) is 0. The second kappa shape index (κ2) is 8.65. The summed E-state index contributed by atoms with van der Waals surface area (Å²) in [6.07, 6.45) is 5.77. The standard InChI is InChI=1S/C19H38N2O/c1-15(2)18-8-6-17(7-9-18)12-21-11-10-20(16(3)4)13-19(21)14-22-5/h15-19H,6-14H2,1-5H3/t17?,18?,19-/m1/s1. The first-order chi connectivity index (χ1) is 10.5. The molecule has 0 radical (unpaired) electrons. The maximum atomic E-state index is 5.51. The van der Waals surface area contributed by atoms with E-state index < -0.39 is 0 Å². The zero-order valence-electron chi connectivity index (χ0n) is 15.6. The first-order valence-electron chi connectivity index (χ1n) is 9.48. The van der Waals surface area contributed by atoms with Gasteiger partial charge >= 0.3 is 0 Å². The number of ether oxygens (including phenoxy) is 1. The summed E-state index contributed by atoms with van der Waals surface area (Å²) in [6.45, 7) is 15.2. The Hall–Kier alpha value is -0.120. The van der Waals surface area contributed by atoms with Gasteiger partial charge in [0, 0.05) is 45.4 Å². The molecule has 1 atom stereocenters. The summed E-state index contributed by atoms with van der Waals surface area (Å²) < 4.78 is 5.51. The molecular weight excluding hydrogens is 272 g/mol. The van der Waals surface area contributed by atoms with Crippen molar-refractivity contribution in [2.45, 2.75) is 65.5 Å². The lowest BCUT2D eigenvalue weighted by molar-refractivity contribution is 0.00186. The summed E-state index contributed by atoms with van der Waals surface area (Å²) in [5.41, 5.74) is 0. The molecule has 1 aliphatic carbocycles. The van der Waals surface area contributed by atoms with E-state index in [1.807, 2.05) is 7.11 Å². The highest BCUT2D eigenvalue weighted by Crippen LogP contribution is 2.34. The SMILES string of the molecule is COC[C@H]1CN(C(C)C)CCN1CC1CCC(C(C)C)CC1. The van der Waals surface area contributed by atoms with Gasteiger partial charge in [0.1, 0.15) is 0 Å². The van der Waals surface area contributed by atoms with E-state index in [1.165, 1.54) is 51.9 Å². The largest absolute Gasteiger partial charge is 0.383 e. The molecule has 1 aliphatic heterocycles. The molecule has 2 aliphatic rings. The number of rotatable bonds is 6. The van der Waals surface area contributed by atoms with E-state index in [4.69, 9.17) is 4.74 Å². The quantitative estimate of drug-likeness (QED) is 0.747. The summed E-state index contributed by atoms with van der Waals surface area (Å²) in [5.74, 6) is 2.76. The van der Waals surface area contributed by atoms with Gasteiger partial charge in [-0.15, -0.1) is 0 Å². The molecule has 2 fully saturated rings. The Balaban J connectivity index is 1.83. The lowest BCUT2D eigenvalue weighted by Crippen LogP contribution is -2.57. The Labute approximate surface area is 138 Å². The molecule has 2 rings (SSSR count). The minimum absolute atomic E-state index is 0.587. The number of nitrogens with zero attached hydrogens (tertiary/aromatic N) is 2. The molecular formula is C19H38N2O. The molecule has 0 aromatic rings. The second-order valence-corrected chi connectivity index (χ2v) is 8.22. The Kier molecular flexibility index (Phi) is 7.17. The first-order valence-corrected chi connectivity index (χ1v) is 9.48. The normalized spacial score (nSPS) is 32.0. The third-order valence-corrected chi connectivity index (χ3v) is 6.05. The second-order valence-electron chi connectivity index (χ2n) is 8.22. The molecule has 3 heteroatoms. The molecule has 0 spiro atoms. The van der Waals surface area contributed by atoms with Gasteiger partial charge in [-0.1, -0.05) is 13.8 Å². The van der Waals surface area contributed by atoms with Crippen molar-refractivity contribution in [3.8, 4) is 0 Å². The van der Waals surface area contributed by atoms with E-state index in [1.54, 1.807) is 0 Å². The monoisotopic (exact) mass is 310 g/mol. The predicted molar refractivity (Wildman–Crippen MR) is 94.2 cm³/mol.